The molecule has 0 spiro atoms. The van der Waals surface area contributed by atoms with Crippen LogP contribution in [-0.4, -0.2) is 59.9 Å². The first-order valence-electron chi connectivity index (χ1n) is 13.0. The Kier molecular flexibility index (Phi) is 6.06. The summed E-state index contributed by atoms with van der Waals surface area (Å²) in [5, 5.41) is 1.11. The zero-order valence-corrected chi connectivity index (χ0v) is 21.9. The molecular formula is C31H31N3O4. The third-order valence-corrected chi connectivity index (χ3v) is 7.82. The lowest BCUT2D eigenvalue weighted by Gasteiger charge is -2.47. The molecule has 2 aliphatic heterocycles. The number of fused-ring (bicyclic) bond motifs is 4. The van der Waals surface area contributed by atoms with Gasteiger partial charge in [0.2, 0.25) is 11.8 Å². The molecule has 6 rings (SSSR count). The topological polar surface area (TPSA) is 74.9 Å². The highest BCUT2D eigenvalue weighted by Gasteiger charge is 2.48. The standard InChI is InChI=1S/C31H31N3O4/c1-19-7-6-8-21(15-19)30-29-23(22-9-4-5-10-24(22)32-29)17-25-31(36)33(18-28(35)34(25)30)14-13-20-11-12-26(37-2)27(16-20)38-3/h4-12,15-16,25,30,32H,13-14,17-18H2,1-3H3. The fourth-order valence-electron chi connectivity index (χ4n) is 6.00. The number of aromatic nitrogens is 1. The predicted octanol–water partition coefficient (Wildman–Crippen LogP) is 4.42. The van der Waals surface area contributed by atoms with E-state index in [1.807, 2.05) is 41.3 Å². The van der Waals surface area contributed by atoms with E-state index in [1.165, 1.54) is 0 Å². The number of amides is 2. The quantitative estimate of drug-likeness (QED) is 0.418. The van der Waals surface area contributed by atoms with Gasteiger partial charge in [-0.15, -0.1) is 0 Å². The van der Waals surface area contributed by atoms with Gasteiger partial charge in [0, 0.05) is 29.6 Å². The molecule has 0 saturated carbocycles. The van der Waals surface area contributed by atoms with Crippen LogP contribution in [0.3, 0.4) is 0 Å². The fourth-order valence-corrected chi connectivity index (χ4v) is 6.00. The average molecular weight is 510 g/mol. The number of ether oxygens (including phenoxy) is 2. The third kappa shape index (κ3) is 3.99. The maximum absolute atomic E-state index is 13.9. The van der Waals surface area contributed by atoms with Crippen molar-refractivity contribution in [2.24, 2.45) is 0 Å². The molecule has 38 heavy (non-hydrogen) atoms. The second-order valence-electron chi connectivity index (χ2n) is 10.1. The van der Waals surface area contributed by atoms with Crippen molar-refractivity contribution in [3.8, 4) is 11.5 Å². The summed E-state index contributed by atoms with van der Waals surface area (Å²) in [6.45, 7) is 2.58. The van der Waals surface area contributed by atoms with Gasteiger partial charge in [-0.25, -0.2) is 0 Å². The molecular weight excluding hydrogens is 478 g/mol. The summed E-state index contributed by atoms with van der Waals surface area (Å²) >= 11 is 0. The number of hydrogen-bond acceptors (Lipinski definition) is 4. The molecule has 3 heterocycles. The minimum atomic E-state index is -0.543. The summed E-state index contributed by atoms with van der Waals surface area (Å²) in [6.07, 6.45) is 1.12. The van der Waals surface area contributed by atoms with Gasteiger partial charge in [-0.2, -0.15) is 0 Å². The zero-order chi connectivity index (χ0) is 26.4. The number of nitrogens with one attached hydrogen (secondary N) is 1. The number of carbonyl (C=O) groups is 2. The van der Waals surface area contributed by atoms with Crippen LogP contribution in [-0.2, 0) is 22.4 Å². The van der Waals surface area contributed by atoms with Crippen molar-refractivity contribution >= 4 is 22.7 Å². The first kappa shape index (κ1) is 24.1. The van der Waals surface area contributed by atoms with Gasteiger partial charge in [0.05, 0.1) is 26.8 Å². The lowest BCUT2D eigenvalue weighted by molar-refractivity contribution is -0.158. The Morgan fingerprint density at radius 1 is 0.947 bits per heavy atom. The van der Waals surface area contributed by atoms with Crippen LogP contribution in [0.4, 0.5) is 0 Å². The van der Waals surface area contributed by atoms with E-state index in [9.17, 15) is 9.59 Å². The van der Waals surface area contributed by atoms with E-state index in [0.717, 1.165) is 38.9 Å². The smallest absolute Gasteiger partial charge is 0.246 e. The predicted molar refractivity (Wildman–Crippen MR) is 145 cm³/mol. The molecule has 2 unspecified atom stereocenters. The number of hydrogen-bond donors (Lipinski definition) is 1. The van der Waals surface area contributed by atoms with Crippen LogP contribution in [0.5, 0.6) is 11.5 Å². The monoisotopic (exact) mass is 509 g/mol. The Hall–Kier alpha value is -4.26. The molecule has 2 aliphatic rings. The van der Waals surface area contributed by atoms with Crippen molar-refractivity contribution in [2.75, 3.05) is 27.3 Å². The van der Waals surface area contributed by atoms with Crippen LogP contribution in [0, 0.1) is 6.92 Å². The SMILES string of the molecule is COc1ccc(CCN2CC(=O)N3C(Cc4c([nH]c5ccccc45)C3c3cccc(C)c3)C2=O)cc1OC. The molecule has 7 nitrogen and oxygen atoms in total. The summed E-state index contributed by atoms with van der Waals surface area (Å²) in [5.74, 6) is 1.28. The third-order valence-electron chi connectivity index (χ3n) is 7.82. The van der Waals surface area contributed by atoms with Crippen LogP contribution >= 0.6 is 0 Å². The second kappa shape index (κ2) is 9.56. The van der Waals surface area contributed by atoms with Gasteiger partial charge >= 0.3 is 0 Å². The zero-order valence-electron chi connectivity index (χ0n) is 21.9. The number of carbonyl (C=O) groups excluding carboxylic acids is 2. The highest BCUT2D eigenvalue weighted by atomic mass is 16.5. The molecule has 1 aromatic heterocycles. The van der Waals surface area contributed by atoms with Crippen LogP contribution in [0.25, 0.3) is 10.9 Å². The summed E-state index contributed by atoms with van der Waals surface area (Å²) in [5.41, 5.74) is 6.31. The van der Waals surface area contributed by atoms with Gasteiger partial charge in [-0.1, -0.05) is 54.1 Å². The van der Waals surface area contributed by atoms with Gasteiger partial charge in [0.1, 0.15) is 6.04 Å². The number of nitrogens with zero attached hydrogens (tertiary/aromatic N) is 2. The lowest BCUT2D eigenvalue weighted by atomic mass is 9.86. The van der Waals surface area contributed by atoms with E-state index >= 15 is 0 Å². The van der Waals surface area contributed by atoms with E-state index in [4.69, 9.17) is 9.47 Å². The number of aryl methyl sites for hydroxylation is 1. The minimum absolute atomic E-state index is 0.00124. The second-order valence-corrected chi connectivity index (χ2v) is 10.1. The largest absolute Gasteiger partial charge is 0.493 e. The summed E-state index contributed by atoms with van der Waals surface area (Å²) in [7, 11) is 3.21. The van der Waals surface area contributed by atoms with Crippen molar-refractivity contribution in [1.82, 2.24) is 14.8 Å². The van der Waals surface area contributed by atoms with E-state index in [2.05, 4.69) is 42.2 Å². The van der Waals surface area contributed by atoms with Crippen LogP contribution in [0.15, 0.2) is 66.7 Å². The number of piperazine rings is 1. The van der Waals surface area contributed by atoms with Gasteiger partial charge in [-0.05, 0) is 48.2 Å². The molecule has 194 valence electrons. The van der Waals surface area contributed by atoms with E-state index in [1.54, 1.807) is 19.1 Å². The van der Waals surface area contributed by atoms with Crippen molar-refractivity contribution in [1.29, 1.82) is 0 Å². The molecule has 0 aliphatic carbocycles. The van der Waals surface area contributed by atoms with E-state index < -0.39 is 6.04 Å². The average Bonchev–Trinajstić information content (AvgIpc) is 3.31. The van der Waals surface area contributed by atoms with Gasteiger partial charge in [0.25, 0.3) is 0 Å². The molecule has 1 saturated heterocycles. The van der Waals surface area contributed by atoms with Crippen molar-refractivity contribution in [3.05, 3.63) is 94.7 Å². The molecule has 3 aromatic carbocycles. The first-order valence-corrected chi connectivity index (χ1v) is 13.0. The van der Waals surface area contributed by atoms with Crippen LogP contribution in [0.1, 0.15) is 34.0 Å². The Bertz CT molecular complexity index is 1540. The van der Waals surface area contributed by atoms with Gasteiger partial charge in [-0.3, -0.25) is 9.59 Å². The molecule has 1 fully saturated rings. The van der Waals surface area contributed by atoms with Crippen molar-refractivity contribution in [2.45, 2.75) is 31.8 Å². The highest BCUT2D eigenvalue weighted by Crippen LogP contribution is 2.42. The Morgan fingerprint density at radius 2 is 1.76 bits per heavy atom. The van der Waals surface area contributed by atoms with Crippen molar-refractivity contribution in [3.63, 3.8) is 0 Å². The number of rotatable bonds is 6. The summed E-state index contributed by atoms with van der Waals surface area (Å²) < 4.78 is 10.8. The number of H-pyrrole nitrogens is 1. The summed E-state index contributed by atoms with van der Waals surface area (Å²) in [6, 6.07) is 21.3. The molecule has 0 radical (unpaired) electrons. The molecule has 2 atom stereocenters. The number of benzene rings is 3. The van der Waals surface area contributed by atoms with Crippen LogP contribution < -0.4 is 9.47 Å². The Balaban J connectivity index is 1.34. The molecule has 2 amide bonds. The lowest BCUT2D eigenvalue weighted by Crippen LogP contribution is -2.63. The number of methoxy groups -OCH3 is 2. The molecule has 4 aromatic rings. The number of aromatic amines is 1. The minimum Gasteiger partial charge on any atom is -0.493 e. The van der Waals surface area contributed by atoms with Crippen LogP contribution in [0.2, 0.25) is 0 Å². The Labute approximate surface area is 222 Å². The first-order chi connectivity index (χ1) is 18.5. The van der Waals surface area contributed by atoms with Gasteiger partial charge < -0.3 is 24.3 Å². The Morgan fingerprint density at radius 3 is 2.55 bits per heavy atom. The highest BCUT2D eigenvalue weighted by molar-refractivity contribution is 5.97. The summed E-state index contributed by atoms with van der Waals surface area (Å²) in [4.78, 5) is 34.8. The van der Waals surface area contributed by atoms with E-state index in [-0.39, 0.29) is 24.4 Å². The van der Waals surface area contributed by atoms with Crippen molar-refractivity contribution < 1.29 is 19.1 Å². The molecule has 0 bridgehead atoms. The van der Waals surface area contributed by atoms with E-state index in [0.29, 0.717) is 30.9 Å². The molecule has 1 N–H and O–H groups in total. The maximum Gasteiger partial charge on any atom is 0.246 e. The van der Waals surface area contributed by atoms with Gasteiger partial charge in [0.15, 0.2) is 11.5 Å². The normalized spacial score (nSPS) is 18.9. The molecule has 7 heteroatoms. The number of para-hydroxylation sites is 1. The fraction of sp³-hybridized carbons (Fsp3) is 0.290. The maximum atomic E-state index is 13.9.